The van der Waals surface area contributed by atoms with Gasteiger partial charge < -0.3 is 15.4 Å². The second-order valence-electron chi connectivity index (χ2n) is 5.71. The van der Waals surface area contributed by atoms with E-state index in [1.54, 1.807) is 48.5 Å². The molecule has 0 atom stereocenters. The van der Waals surface area contributed by atoms with Crippen LogP contribution in [0.15, 0.2) is 72.8 Å². The fourth-order valence-corrected chi connectivity index (χ4v) is 2.49. The third-order valence-corrected chi connectivity index (χ3v) is 3.83. The Bertz CT molecular complexity index is 971. The summed E-state index contributed by atoms with van der Waals surface area (Å²) in [4.78, 5) is 23.7. The fourth-order valence-electron chi connectivity index (χ4n) is 2.49. The predicted molar refractivity (Wildman–Crippen MR) is 102 cm³/mol. The van der Waals surface area contributed by atoms with E-state index in [-0.39, 0.29) is 5.56 Å². The molecule has 0 spiro atoms. The van der Waals surface area contributed by atoms with E-state index in [0.29, 0.717) is 11.3 Å². The van der Waals surface area contributed by atoms with Crippen molar-refractivity contribution in [1.29, 1.82) is 0 Å². The SMILES string of the molecule is COC(=O)c1cccc(Nc2ccc(NC(=O)c3ccccc3F)cc2)c1. The summed E-state index contributed by atoms with van der Waals surface area (Å²) in [5.74, 6) is -1.50. The van der Waals surface area contributed by atoms with E-state index in [0.717, 1.165) is 11.4 Å². The summed E-state index contributed by atoms with van der Waals surface area (Å²) in [6, 6.07) is 19.6. The van der Waals surface area contributed by atoms with Crippen molar-refractivity contribution >= 4 is 28.9 Å². The number of amides is 1. The van der Waals surface area contributed by atoms with Crippen LogP contribution in [-0.2, 0) is 4.74 Å². The van der Waals surface area contributed by atoms with Crippen LogP contribution in [0.5, 0.6) is 0 Å². The molecule has 0 unspecified atom stereocenters. The minimum atomic E-state index is -0.571. The molecule has 3 aromatic rings. The van der Waals surface area contributed by atoms with Gasteiger partial charge in [-0.05, 0) is 54.6 Å². The summed E-state index contributed by atoms with van der Waals surface area (Å²) in [5, 5.41) is 5.82. The van der Waals surface area contributed by atoms with Crippen LogP contribution in [0, 0.1) is 5.82 Å². The van der Waals surface area contributed by atoms with Crippen molar-refractivity contribution in [1.82, 2.24) is 0 Å². The van der Waals surface area contributed by atoms with Crippen LogP contribution in [0.25, 0.3) is 0 Å². The molecular weight excluding hydrogens is 347 g/mol. The van der Waals surface area contributed by atoms with Crippen molar-refractivity contribution in [2.24, 2.45) is 0 Å². The number of carbonyl (C=O) groups excluding carboxylic acids is 2. The largest absolute Gasteiger partial charge is 0.465 e. The molecule has 2 N–H and O–H groups in total. The Labute approximate surface area is 155 Å². The van der Waals surface area contributed by atoms with E-state index >= 15 is 0 Å². The Kier molecular flexibility index (Phi) is 5.47. The maximum atomic E-state index is 13.7. The van der Waals surface area contributed by atoms with E-state index in [4.69, 9.17) is 4.74 Å². The molecule has 5 nitrogen and oxygen atoms in total. The number of halogens is 1. The molecule has 0 radical (unpaired) electrons. The second kappa shape index (κ2) is 8.14. The van der Waals surface area contributed by atoms with Gasteiger partial charge in [0.1, 0.15) is 5.82 Å². The number of benzene rings is 3. The van der Waals surface area contributed by atoms with Gasteiger partial charge in [0.2, 0.25) is 0 Å². The molecular formula is C21H17FN2O3. The molecule has 0 aliphatic rings. The number of rotatable bonds is 5. The molecule has 1 amide bonds. The molecule has 6 heteroatoms. The number of anilines is 3. The highest BCUT2D eigenvalue weighted by atomic mass is 19.1. The predicted octanol–water partition coefficient (Wildman–Crippen LogP) is 4.61. The summed E-state index contributed by atoms with van der Waals surface area (Å²) in [6.07, 6.45) is 0. The topological polar surface area (TPSA) is 67.4 Å². The lowest BCUT2D eigenvalue weighted by molar-refractivity contribution is 0.0600. The van der Waals surface area contributed by atoms with Gasteiger partial charge in [0.25, 0.3) is 5.91 Å². The number of carbonyl (C=O) groups is 2. The van der Waals surface area contributed by atoms with E-state index in [2.05, 4.69) is 10.6 Å². The third kappa shape index (κ3) is 4.49. The maximum Gasteiger partial charge on any atom is 0.337 e. The Morgan fingerprint density at radius 1 is 0.852 bits per heavy atom. The average molecular weight is 364 g/mol. The normalized spacial score (nSPS) is 10.1. The Balaban J connectivity index is 1.68. The molecule has 0 aliphatic carbocycles. The maximum absolute atomic E-state index is 13.7. The lowest BCUT2D eigenvalue weighted by atomic mass is 10.2. The average Bonchev–Trinajstić information content (AvgIpc) is 2.69. The van der Waals surface area contributed by atoms with Crippen LogP contribution in [0.4, 0.5) is 21.5 Å². The minimum Gasteiger partial charge on any atom is -0.465 e. The van der Waals surface area contributed by atoms with Crippen LogP contribution < -0.4 is 10.6 Å². The Morgan fingerprint density at radius 3 is 2.26 bits per heavy atom. The lowest BCUT2D eigenvalue weighted by Crippen LogP contribution is -2.13. The molecule has 0 fully saturated rings. The first-order valence-electron chi connectivity index (χ1n) is 8.18. The molecule has 0 aromatic heterocycles. The van der Waals surface area contributed by atoms with Crippen molar-refractivity contribution in [2.75, 3.05) is 17.7 Å². The van der Waals surface area contributed by atoms with Crippen LogP contribution in [-0.4, -0.2) is 19.0 Å². The minimum absolute atomic E-state index is 0.0145. The van der Waals surface area contributed by atoms with E-state index < -0.39 is 17.7 Å². The first-order chi connectivity index (χ1) is 13.1. The van der Waals surface area contributed by atoms with Gasteiger partial charge in [0, 0.05) is 17.1 Å². The van der Waals surface area contributed by atoms with Gasteiger partial charge in [-0.25, -0.2) is 9.18 Å². The molecule has 136 valence electrons. The monoisotopic (exact) mass is 364 g/mol. The zero-order valence-corrected chi connectivity index (χ0v) is 14.5. The number of ether oxygens (including phenoxy) is 1. The van der Waals surface area contributed by atoms with Crippen LogP contribution >= 0.6 is 0 Å². The summed E-state index contributed by atoms with van der Waals surface area (Å²) in [5.41, 5.74) is 2.45. The van der Waals surface area contributed by atoms with Crippen LogP contribution in [0.1, 0.15) is 20.7 Å². The summed E-state index contributed by atoms with van der Waals surface area (Å²) < 4.78 is 18.4. The molecule has 0 aliphatic heterocycles. The van der Waals surface area contributed by atoms with Gasteiger partial charge in [0.05, 0.1) is 18.2 Å². The molecule has 0 saturated heterocycles. The molecule has 3 rings (SSSR count). The van der Waals surface area contributed by atoms with Crippen molar-refractivity contribution < 1.29 is 18.7 Å². The molecule has 0 heterocycles. The molecule has 27 heavy (non-hydrogen) atoms. The van der Waals surface area contributed by atoms with Crippen molar-refractivity contribution in [2.45, 2.75) is 0 Å². The number of hydrogen-bond acceptors (Lipinski definition) is 4. The van der Waals surface area contributed by atoms with E-state index in [1.807, 2.05) is 6.07 Å². The number of nitrogens with one attached hydrogen (secondary N) is 2. The van der Waals surface area contributed by atoms with Crippen molar-refractivity contribution in [3.8, 4) is 0 Å². The Morgan fingerprint density at radius 2 is 1.56 bits per heavy atom. The standard InChI is InChI=1S/C21H17FN2O3/c1-27-21(26)14-5-4-6-17(13-14)23-15-9-11-16(12-10-15)24-20(25)18-7-2-3-8-19(18)22/h2-13,23H,1H3,(H,24,25). The summed E-state index contributed by atoms with van der Waals surface area (Å²) >= 11 is 0. The quantitative estimate of drug-likeness (QED) is 0.649. The zero-order chi connectivity index (χ0) is 19.2. The molecule has 0 saturated carbocycles. The molecule has 3 aromatic carbocycles. The number of hydrogen-bond donors (Lipinski definition) is 2. The van der Waals surface area contributed by atoms with Gasteiger partial charge in [-0.1, -0.05) is 18.2 Å². The lowest BCUT2D eigenvalue weighted by Gasteiger charge is -2.10. The third-order valence-electron chi connectivity index (χ3n) is 3.83. The highest BCUT2D eigenvalue weighted by Gasteiger charge is 2.11. The smallest absolute Gasteiger partial charge is 0.337 e. The van der Waals surface area contributed by atoms with Gasteiger partial charge in [-0.3, -0.25) is 4.79 Å². The van der Waals surface area contributed by atoms with Gasteiger partial charge in [-0.15, -0.1) is 0 Å². The van der Waals surface area contributed by atoms with Crippen LogP contribution in [0.3, 0.4) is 0 Å². The van der Waals surface area contributed by atoms with Gasteiger partial charge in [-0.2, -0.15) is 0 Å². The first kappa shape index (κ1) is 18.1. The van der Waals surface area contributed by atoms with Crippen molar-refractivity contribution in [3.63, 3.8) is 0 Å². The summed E-state index contributed by atoms with van der Waals surface area (Å²) in [7, 11) is 1.33. The zero-order valence-electron chi connectivity index (χ0n) is 14.5. The number of esters is 1. The second-order valence-corrected chi connectivity index (χ2v) is 5.71. The number of methoxy groups -OCH3 is 1. The van der Waals surface area contributed by atoms with Gasteiger partial charge in [0.15, 0.2) is 0 Å². The molecule has 0 bridgehead atoms. The highest BCUT2D eigenvalue weighted by Crippen LogP contribution is 2.21. The fraction of sp³-hybridized carbons (Fsp3) is 0.0476. The van der Waals surface area contributed by atoms with Crippen LogP contribution in [0.2, 0.25) is 0 Å². The Hall–Kier alpha value is -3.67. The highest BCUT2D eigenvalue weighted by molar-refractivity contribution is 6.04. The van der Waals surface area contributed by atoms with Gasteiger partial charge >= 0.3 is 5.97 Å². The van der Waals surface area contributed by atoms with E-state index in [9.17, 15) is 14.0 Å². The first-order valence-corrected chi connectivity index (χ1v) is 8.18. The van der Waals surface area contributed by atoms with E-state index in [1.165, 1.54) is 25.3 Å². The summed E-state index contributed by atoms with van der Waals surface area (Å²) in [6.45, 7) is 0. The van der Waals surface area contributed by atoms with Crippen molar-refractivity contribution in [3.05, 3.63) is 89.7 Å².